The van der Waals surface area contributed by atoms with Crippen LogP contribution in [0.2, 0.25) is 5.02 Å². The van der Waals surface area contributed by atoms with Crippen molar-refractivity contribution in [3.63, 3.8) is 0 Å². The maximum Gasteiger partial charge on any atom is 0.261 e. The van der Waals surface area contributed by atoms with Crippen molar-refractivity contribution in [3.05, 3.63) is 59.1 Å². The lowest BCUT2D eigenvalue weighted by Gasteiger charge is -2.24. The summed E-state index contributed by atoms with van der Waals surface area (Å²) < 4.78 is 27.3. The fourth-order valence-corrected chi connectivity index (χ4v) is 3.20. The van der Waals surface area contributed by atoms with Crippen molar-refractivity contribution in [1.29, 1.82) is 0 Å². The van der Waals surface area contributed by atoms with Gasteiger partial charge < -0.3 is 5.32 Å². The van der Waals surface area contributed by atoms with Crippen LogP contribution in [0.1, 0.15) is 37.6 Å². The Kier molecular flexibility index (Phi) is 5.75. The average molecular weight is 381 g/mol. The Bertz CT molecular complexity index is 862. The highest BCUT2D eigenvalue weighted by molar-refractivity contribution is 7.92. The number of carbonyl (C=O) groups excluding carboxylic acids is 1. The van der Waals surface area contributed by atoms with E-state index in [4.69, 9.17) is 11.6 Å². The smallest absolute Gasteiger partial charge is 0.261 e. The van der Waals surface area contributed by atoms with E-state index in [1.165, 1.54) is 30.3 Å². The average Bonchev–Trinajstić information content (AvgIpc) is 2.54. The molecule has 0 aliphatic rings. The molecule has 2 N–H and O–H groups in total. The molecule has 5 nitrogen and oxygen atoms in total. The molecule has 1 amide bonds. The van der Waals surface area contributed by atoms with Crippen LogP contribution in [-0.2, 0) is 10.0 Å². The number of carbonyl (C=O) groups is 1. The molecule has 134 valence electrons. The third-order valence-electron chi connectivity index (χ3n) is 3.84. The van der Waals surface area contributed by atoms with E-state index < -0.39 is 10.0 Å². The van der Waals surface area contributed by atoms with E-state index in [-0.39, 0.29) is 16.3 Å². The third-order valence-corrected chi connectivity index (χ3v) is 5.49. The molecule has 0 saturated heterocycles. The zero-order valence-corrected chi connectivity index (χ0v) is 15.9. The summed E-state index contributed by atoms with van der Waals surface area (Å²) in [5.41, 5.74) is 0.366. The number of anilines is 1. The van der Waals surface area contributed by atoms with Gasteiger partial charge in [-0.2, -0.15) is 0 Å². The fourth-order valence-electron chi connectivity index (χ4n) is 2.02. The first-order chi connectivity index (χ1) is 11.6. The molecule has 2 aromatic carbocycles. The first-order valence-electron chi connectivity index (χ1n) is 7.84. The van der Waals surface area contributed by atoms with Gasteiger partial charge >= 0.3 is 0 Å². The van der Waals surface area contributed by atoms with Gasteiger partial charge in [0, 0.05) is 21.8 Å². The van der Waals surface area contributed by atoms with Crippen LogP contribution < -0.4 is 10.0 Å². The molecular weight excluding hydrogens is 360 g/mol. The molecule has 7 heteroatoms. The fraction of sp³-hybridized carbons (Fsp3) is 0.278. The summed E-state index contributed by atoms with van der Waals surface area (Å²) in [6.07, 6.45) is 0.779. The van der Waals surface area contributed by atoms with Crippen LogP contribution in [0.4, 0.5) is 5.69 Å². The van der Waals surface area contributed by atoms with Gasteiger partial charge in [-0.05, 0) is 62.7 Å². The first kappa shape index (κ1) is 19.3. The number of halogens is 1. The van der Waals surface area contributed by atoms with E-state index in [9.17, 15) is 13.2 Å². The van der Waals surface area contributed by atoms with Gasteiger partial charge in [0.2, 0.25) is 0 Å². The molecule has 0 saturated carbocycles. The minimum atomic E-state index is -3.75. The molecule has 0 unspecified atom stereocenters. The predicted molar refractivity (Wildman–Crippen MR) is 101 cm³/mol. The Hall–Kier alpha value is -2.05. The number of hydrogen-bond donors (Lipinski definition) is 2. The molecule has 2 rings (SSSR count). The van der Waals surface area contributed by atoms with Crippen LogP contribution in [0.5, 0.6) is 0 Å². The minimum Gasteiger partial charge on any atom is -0.347 e. The van der Waals surface area contributed by atoms with Crippen LogP contribution in [0.25, 0.3) is 0 Å². The van der Waals surface area contributed by atoms with Crippen LogP contribution in [-0.4, -0.2) is 19.9 Å². The van der Waals surface area contributed by atoms with Gasteiger partial charge in [0.1, 0.15) is 0 Å². The Labute approximate surface area is 153 Å². The van der Waals surface area contributed by atoms with E-state index in [0.717, 1.165) is 6.42 Å². The molecule has 0 spiro atoms. The SMILES string of the molecule is CCC(C)(C)NC(=O)c1cccc(NS(=O)(=O)c2ccc(Cl)cc2)c1. The summed E-state index contributed by atoms with van der Waals surface area (Å²) in [4.78, 5) is 12.4. The maximum atomic E-state index is 12.4. The summed E-state index contributed by atoms with van der Waals surface area (Å²) in [6.45, 7) is 5.84. The molecule has 2 aromatic rings. The Morgan fingerprint density at radius 1 is 1.12 bits per heavy atom. The Morgan fingerprint density at radius 3 is 2.36 bits per heavy atom. The molecule has 0 aromatic heterocycles. The number of sulfonamides is 1. The molecule has 0 radical (unpaired) electrons. The van der Waals surface area contributed by atoms with Crippen molar-refractivity contribution in [2.45, 2.75) is 37.6 Å². The highest BCUT2D eigenvalue weighted by Crippen LogP contribution is 2.19. The molecule has 0 aliphatic heterocycles. The lowest BCUT2D eigenvalue weighted by atomic mass is 10.0. The lowest BCUT2D eigenvalue weighted by molar-refractivity contribution is 0.0911. The topological polar surface area (TPSA) is 75.3 Å². The van der Waals surface area contributed by atoms with Crippen molar-refractivity contribution >= 4 is 33.2 Å². The standard InChI is InChI=1S/C18H21ClN2O3S/c1-4-18(2,3)20-17(22)13-6-5-7-15(12-13)21-25(23,24)16-10-8-14(19)9-11-16/h5-12,21H,4H2,1-3H3,(H,20,22). The molecule has 0 fully saturated rings. The van der Waals surface area contributed by atoms with Crippen LogP contribution in [0.3, 0.4) is 0 Å². The monoisotopic (exact) mass is 380 g/mol. The molecule has 0 bridgehead atoms. The van der Waals surface area contributed by atoms with Gasteiger partial charge in [0.05, 0.1) is 4.90 Å². The Morgan fingerprint density at radius 2 is 1.76 bits per heavy atom. The minimum absolute atomic E-state index is 0.0962. The second-order valence-corrected chi connectivity index (χ2v) is 8.45. The highest BCUT2D eigenvalue weighted by Gasteiger charge is 2.20. The molecule has 25 heavy (non-hydrogen) atoms. The van der Waals surface area contributed by atoms with Gasteiger partial charge in [0.25, 0.3) is 15.9 Å². The summed E-state index contributed by atoms with van der Waals surface area (Å²) >= 11 is 5.78. The second-order valence-electron chi connectivity index (χ2n) is 6.33. The van der Waals surface area contributed by atoms with Gasteiger partial charge in [-0.15, -0.1) is 0 Å². The molecular formula is C18H21ClN2O3S. The van der Waals surface area contributed by atoms with Crippen molar-refractivity contribution in [2.24, 2.45) is 0 Å². The highest BCUT2D eigenvalue weighted by atomic mass is 35.5. The summed E-state index contributed by atoms with van der Waals surface area (Å²) in [6, 6.07) is 12.2. The zero-order valence-electron chi connectivity index (χ0n) is 14.3. The summed E-state index contributed by atoms with van der Waals surface area (Å²) in [7, 11) is -3.75. The van der Waals surface area contributed by atoms with Gasteiger partial charge in [-0.3, -0.25) is 9.52 Å². The number of nitrogens with one attached hydrogen (secondary N) is 2. The number of rotatable bonds is 6. The predicted octanol–water partition coefficient (Wildman–Crippen LogP) is 4.06. The van der Waals surface area contributed by atoms with E-state index >= 15 is 0 Å². The van der Waals surface area contributed by atoms with Crippen LogP contribution in [0.15, 0.2) is 53.4 Å². The third kappa shape index (κ3) is 5.21. The van der Waals surface area contributed by atoms with Gasteiger partial charge in [0.15, 0.2) is 0 Å². The molecule has 0 heterocycles. The number of hydrogen-bond acceptors (Lipinski definition) is 3. The Balaban J connectivity index is 2.21. The van der Waals surface area contributed by atoms with E-state index in [1.54, 1.807) is 18.2 Å². The largest absolute Gasteiger partial charge is 0.347 e. The van der Waals surface area contributed by atoms with Crippen molar-refractivity contribution in [1.82, 2.24) is 5.32 Å². The van der Waals surface area contributed by atoms with Crippen LogP contribution in [0, 0.1) is 0 Å². The van der Waals surface area contributed by atoms with Crippen molar-refractivity contribution < 1.29 is 13.2 Å². The quantitative estimate of drug-likeness (QED) is 0.793. The number of benzene rings is 2. The van der Waals surface area contributed by atoms with Gasteiger partial charge in [-0.25, -0.2) is 8.42 Å². The lowest BCUT2D eigenvalue weighted by Crippen LogP contribution is -2.42. The van der Waals surface area contributed by atoms with Gasteiger partial charge in [-0.1, -0.05) is 24.6 Å². The summed E-state index contributed by atoms with van der Waals surface area (Å²) in [5.74, 6) is -0.251. The maximum absolute atomic E-state index is 12.4. The van der Waals surface area contributed by atoms with Crippen molar-refractivity contribution in [2.75, 3.05) is 4.72 Å². The van der Waals surface area contributed by atoms with E-state index in [0.29, 0.717) is 16.3 Å². The zero-order chi connectivity index (χ0) is 18.7. The van der Waals surface area contributed by atoms with E-state index in [1.807, 2.05) is 20.8 Å². The van der Waals surface area contributed by atoms with E-state index in [2.05, 4.69) is 10.0 Å². The summed E-state index contributed by atoms with van der Waals surface area (Å²) in [5, 5.41) is 3.37. The molecule has 0 atom stereocenters. The first-order valence-corrected chi connectivity index (χ1v) is 9.70. The van der Waals surface area contributed by atoms with Crippen molar-refractivity contribution in [3.8, 4) is 0 Å². The normalized spacial score (nSPS) is 11.8. The molecule has 0 aliphatic carbocycles. The van der Waals surface area contributed by atoms with Crippen LogP contribution >= 0.6 is 11.6 Å². The second kappa shape index (κ2) is 7.45. The number of amides is 1.